The third kappa shape index (κ3) is 3.12. The van der Waals surface area contributed by atoms with Crippen LogP contribution in [0.2, 0.25) is 0 Å². The van der Waals surface area contributed by atoms with E-state index in [0.29, 0.717) is 5.41 Å². The van der Waals surface area contributed by atoms with Gasteiger partial charge in [0.25, 0.3) is 0 Å². The summed E-state index contributed by atoms with van der Waals surface area (Å²) in [5.41, 5.74) is 0.343. The number of hydrogen-bond donors (Lipinski definition) is 1. The van der Waals surface area contributed by atoms with Crippen molar-refractivity contribution in [3.63, 3.8) is 0 Å². The Kier molecular flexibility index (Phi) is 4.26. The zero-order valence-corrected chi connectivity index (χ0v) is 11.2. The maximum absolute atomic E-state index is 5.40. The van der Waals surface area contributed by atoms with E-state index in [1.807, 2.05) is 7.11 Å². The molecule has 1 saturated carbocycles. The van der Waals surface area contributed by atoms with E-state index in [1.54, 1.807) is 0 Å². The van der Waals surface area contributed by atoms with Crippen molar-refractivity contribution in [1.29, 1.82) is 0 Å². The van der Waals surface area contributed by atoms with E-state index in [9.17, 15) is 0 Å². The molecule has 17 heavy (non-hydrogen) atoms. The Balaban J connectivity index is 1.88. The van der Waals surface area contributed by atoms with Gasteiger partial charge in [-0.15, -0.1) is 0 Å². The van der Waals surface area contributed by atoms with Crippen LogP contribution in [-0.4, -0.2) is 51.3 Å². The third-order valence-electron chi connectivity index (χ3n) is 4.01. The topological polar surface area (TPSA) is 36.9 Å². The van der Waals surface area contributed by atoms with Crippen LogP contribution in [0.25, 0.3) is 0 Å². The summed E-state index contributed by atoms with van der Waals surface area (Å²) >= 11 is 0. The standard InChI is InChI=1S/C13H25N3O/c1-16-9-5-8-14-12(16)15-10-13(11-17-2)6-3-4-7-13/h3-11H2,1-2H3,(H,14,15). The lowest BCUT2D eigenvalue weighted by Crippen LogP contribution is -2.47. The van der Waals surface area contributed by atoms with Crippen LogP contribution in [0.3, 0.4) is 0 Å². The summed E-state index contributed by atoms with van der Waals surface area (Å²) in [6, 6.07) is 0. The van der Waals surface area contributed by atoms with Crippen molar-refractivity contribution in [1.82, 2.24) is 10.2 Å². The molecule has 1 heterocycles. The Hall–Kier alpha value is -0.770. The molecule has 0 unspecified atom stereocenters. The molecule has 0 bridgehead atoms. The average Bonchev–Trinajstić information content (AvgIpc) is 2.78. The number of ether oxygens (including phenoxy) is 1. The van der Waals surface area contributed by atoms with Crippen LogP contribution in [0, 0.1) is 5.41 Å². The lowest BCUT2D eigenvalue weighted by Gasteiger charge is -2.32. The minimum absolute atomic E-state index is 0.343. The molecule has 0 amide bonds. The molecule has 4 nitrogen and oxygen atoms in total. The summed E-state index contributed by atoms with van der Waals surface area (Å²) in [7, 11) is 3.92. The van der Waals surface area contributed by atoms with Crippen LogP contribution in [-0.2, 0) is 4.74 Å². The molecule has 1 aliphatic carbocycles. The number of guanidine groups is 1. The quantitative estimate of drug-likeness (QED) is 0.807. The molecular formula is C13H25N3O. The molecule has 0 aromatic heterocycles. The van der Waals surface area contributed by atoms with E-state index in [2.05, 4.69) is 22.3 Å². The second-order valence-corrected chi connectivity index (χ2v) is 5.47. The van der Waals surface area contributed by atoms with E-state index in [4.69, 9.17) is 4.74 Å². The van der Waals surface area contributed by atoms with Gasteiger partial charge in [0.1, 0.15) is 0 Å². The van der Waals surface area contributed by atoms with Crippen LogP contribution in [0.15, 0.2) is 4.99 Å². The largest absolute Gasteiger partial charge is 0.384 e. The summed E-state index contributed by atoms with van der Waals surface area (Å²) in [4.78, 5) is 6.77. The van der Waals surface area contributed by atoms with Gasteiger partial charge in [0.05, 0.1) is 6.61 Å². The predicted molar refractivity (Wildman–Crippen MR) is 70.3 cm³/mol. The van der Waals surface area contributed by atoms with Gasteiger partial charge in [-0.25, -0.2) is 0 Å². The summed E-state index contributed by atoms with van der Waals surface area (Å²) < 4.78 is 5.40. The lowest BCUT2D eigenvalue weighted by molar-refractivity contribution is 0.0855. The van der Waals surface area contributed by atoms with Crippen LogP contribution < -0.4 is 5.32 Å². The van der Waals surface area contributed by atoms with Crippen molar-refractivity contribution < 1.29 is 4.74 Å². The summed E-state index contributed by atoms with van der Waals surface area (Å²) in [5, 5.41) is 3.53. The minimum Gasteiger partial charge on any atom is -0.384 e. The van der Waals surface area contributed by atoms with E-state index in [-0.39, 0.29) is 0 Å². The molecule has 4 heteroatoms. The molecule has 2 rings (SSSR count). The number of hydrogen-bond acceptors (Lipinski definition) is 4. The van der Waals surface area contributed by atoms with Gasteiger partial charge in [-0.1, -0.05) is 12.8 Å². The van der Waals surface area contributed by atoms with Gasteiger partial charge in [-0.05, 0) is 19.3 Å². The highest BCUT2D eigenvalue weighted by Gasteiger charge is 2.34. The Morgan fingerprint density at radius 1 is 1.35 bits per heavy atom. The van der Waals surface area contributed by atoms with Crippen LogP contribution in [0.5, 0.6) is 0 Å². The monoisotopic (exact) mass is 239 g/mol. The Morgan fingerprint density at radius 3 is 2.76 bits per heavy atom. The summed E-state index contributed by atoms with van der Waals surface area (Å²) in [6.07, 6.45) is 6.42. The van der Waals surface area contributed by atoms with E-state index in [1.165, 1.54) is 32.1 Å². The number of methoxy groups -OCH3 is 1. The second-order valence-electron chi connectivity index (χ2n) is 5.47. The molecule has 0 aromatic rings. The number of nitrogens with zero attached hydrogens (tertiary/aromatic N) is 2. The van der Waals surface area contributed by atoms with Gasteiger partial charge in [0.2, 0.25) is 0 Å². The zero-order chi connectivity index (χ0) is 12.1. The molecule has 0 radical (unpaired) electrons. The second kappa shape index (κ2) is 5.71. The average molecular weight is 239 g/mol. The van der Waals surface area contributed by atoms with Gasteiger partial charge in [-0.2, -0.15) is 0 Å². The van der Waals surface area contributed by atoms with E-state index >= 15 is 0 Å². The lowest BCUT2D eigenvalue weighted by atomic mass is 9.87. The SMILES string of the molecule is COCC1(CNC2=NCCCN2C)CCCC1. The third-order valence-corrected chi connectivity index (χ3v) is 4.01. The van der Waals surface area contributed by atoms with Crippen LogP contribution >= 0.6 is 0 Å². The van der Waals surface area contributed by atoms with Gasteiger partial charge < -0.3 is 15.0 Å². The van der Waals surface area contributed by atoms with Crippen molar-refractivity contribution in [3.05, 3.63) is 0 Å². The minimum atomic E-state index is 0.343. The van der Waals surface area contributed by atoms with Crippen molar-refractivity contribution in [2.24, 2.45) is 10.4 Å². The van der Waals surface area contributed by atoms with Crippen molar-refractivity contribution in [2.45, 2.75) is 32.1 Å². The summed E-state index contributed by atoms with van der Waals surface area (Å²) in [5.74, 6) is 1.07. The Labute approximate surface area is 104 Å². The maximum atomic E-state index is 5.40. The fraction of sp³-hybridized carbons (Fsp3) is 0.923. The van der Waals surface area contributed by atoms with Gasteiger partial charge >= 0.3 is 0 Å². The molecule has 2 aliphatic rings. The molecule has 0 saturated heterocycles. The number of rotatable bonds is 4. The predicted octanol–water partition coefficient (Wildman–Crippen LogP) is 1.47. The first-order chi connectivity index (χ1) is 8.26. The normalized spacial score (nSPS) is 23.6. The van der Waals surface area contributed by atoms with E-state index in [0.717, 1.165) is 32.2 Å². The smallest absolute Gasteiger partial charge is 0.193 e. The molecular weight excluding hydrogens is 214 g/mol. The zero-order valence-electron chi connectivity index (χ0n) is 11.2. The van der Waals surface area contributed by atoms with Crippen LogP contribution in [0.1, 0.15) is 32.1 Å². The molecule has 1 N–H and O–H groups in total. The molecule has 1 aliphatic heterocycles. The maximum Gasteiger partial charge on any atom is 0.193 e. The van der Waals surface area contributed by atoms with Gasteiger partial charge in [-0.3, -0.25) is 4.99 Å². The van der Waals surface area contributed by atoms with Crippen molar-refractivity contribution >= 4 is 5.96 Å². The van der Waals surface area contributed by atoms with Crippen molar-refractivity contribution in [2.75, 3.05) is 40.4 Å². The highest BCUT2D eigenvalue weighted by atomic mass is 16.5. The first-order valence-corrected chi connectivity index (χ1v) is 6.74. The first-order valence-electron chi connectivity index (χ1n) is 6.74. The number of nitrogens with one attached hydrogen (secondary N) is 1. The van der Waals surface area contributed by atoms with E-state index < -0.39 is 0 Å². The fourth-order valence-electron chi connectivity index (χ4n) is 2.98. The number of aliphatic imine (C=N–C) groups is 1. The fourth-order valence-corrected chi connectivity index (χ4v) is 2.98. The van der Waals surface area contributed by atoms with Crippen LogP contribution in [0.4, 0.5) is 0 Å². The highest BCUT2D eigenvalue weighted by molar-refractivity contribution is 5.80. The van der Waals surface area contributed by atoms with Gasteiger partial charge in [0, 0.05) is 39.2 Å². The molecule has 0 aromatic carbocycles. The van der Waals surface area contributed by atoms with Gasteiger partial charge in [0.15, 0.2) is 5.96 Å². The molecule has 0 atom stereocenters. The Bertz CT molecular complexity index is 272. The Morgan fingerprint density at radius 2 is 2.12 bits per heavy atom. The summed E-state index contributed by atoms with van der Waals surface area (Å²) in [6.45, 7) is 3.95. The highest BCUT2D eigenvalue weighted by Crippen LogP contribution is 2.37. The molecule has 1 fully saturated rings. The van der Waals surface area contributed by atoms with Crippen molar-refractivity contribution in [3.8, 4) is 0 Å². The molecule has 0 spiro atoms. The molecule has 98 valence electrons. The first kappa shape index (κ1) is 12.7.